The molecular weight excluding hydrogens is 370 g/mol. The number of hydrogen-bond acceptors (Lipinski definition) is 3. The van der Waals surface area contributed by atoms with Gasteiger partial charge in [0.1, 0.15) is 5.69 Å². The van der Waals surface area contributed by atoms with E-state index >= 15 is 0 Å². The molecule has 1 N–H and O–H groups in total. The standard InChI is InChI=1S/C22H29N3O2S/c1-24-18-10-13-28-20(18)14-19(24)22(27)25-12-5-8-17(15-25)21(26)23-11-9-16-6-3-2-4-7-16/h6,10,13-14,17H,2-5,7-9,11-12,15H2,1H3,(H,23,26). The summed E-state index contributed by atoms with van der Waals surface area (Å²) in [5, 5.41) is 5.15. The molecule has 2 aliphatic rings. The van der Waals surface area contributed by atoms with Gasteiger partial charge in [-0.15, -0.1) is 11.3 Å². The van der Waals surface area contributed by atoms with E-state index in [1.54, 1.807) is 11.3 Å². The molecule has 0 aromatic carbocycles. The summed E-state index contributed by atoms with van der Waals surface area (Å²) in [6.07, 6.45) is 9.96. The Balaban J connectivity index is 1.33. The molecule has 3 heterocycles. The van der Waals surface area contributed by atoms with Crippen LogP contribution >= 0.6 is 11.3 Å². The highest BCUT2D eigenvalue weighted by atomic mass is 32.1. The summed E-state index contributed by atoms with van der Waals surface area (Å²) in [7, 11) is 1.94. The van der Waals surface area contributed by atoms with Crippen LogP contribution in [0, 0.1) is 5.92 Å². The molecule has 1 aliphatic carbocycles. The largest absolute Gasteiger partial charge is 0.355 e. The number of thiophene rings is 1. The SMILES string of the molecule is Cn1c(C(=O)N2CCCC(C(=O)NCCC3=CCCCC3)C2)cc2sccc21. The van der Waals surface area contributed by atoms with E-state index in [2.05, 4.69) is 11.4 Å². The number of hydrogen-bond donors (Lipinski definition) is 1. The minimum atomic E-state index is -0.0978. The fourth-order valence-corrected chi connectivity index (χ4v) is 5.26. The number of rotatable bonds is 5. The van der Waals surface area contributed by atoms with E-state index in [1.165, 1.54) is 31.3 Å². The lowest BCUT2D eigenvalue weighted by molar-refractivity contribution is -0.126. The smallest absolute Gasteiger partial charge is 0.270 e. The number of nitrogens with one attached hydrogen (secondary N) is 1. The van der Waals surface area contributed by atoms with Gasteiger partial charge in [0.15, 0.2) is 0 Å². The Labute approximate surface area is 170 Å². The van der Waals surface area contributed by atoms with E-state index in [-0.39, 0.29) is 17.7 Å². The number of allylic oxidation sites excluding steroid dienone is 1. The lowest BCUT2D eigenvalue weighted by Gasteiger charge is -2.32. The fourth-order valence-electron chi connectivity index (χ4n) is 4.42. The van der Waals surface area contributed by atoms with Crippen LogP contribution in [0.15, 0.2) is 29.2 Å². The van der Waals surface area contributed by atoms with Crippen molar-refractivity contribution in [3.05, 3.63) is 34.9 Å². The molecule has 0 spiro atoms. The van der Waals surface area contributed by atoms with E-state index in [0.29, 0.717) is 18.8 Å². The number of carbonyl (C=O) groups is 2. The maximum atomic E-state index is 13.0. The van der Waals surface area contributed by atoms with Gasteiger partial charge in [-0.2, -0.15) is 0 Å². The van der Waals surface area contributed by atoms with Crippen LogP contribution in [0.2, 0.25) is 0 Å². The van der Waals surface area contributed by atoms with Gasteiger partial charge >= 0.3 is 0 Å². The van der Waals surface area contributed by atoms with Gasteiger partial charge in [0.2, 0.25) is 5.91 Å². The lowest BCUT2D eigenvalue weighted by Crippen LogP contribution is -2.46. The monoisotopic (exact) mass is 399 g/mol. The third-order valence-electron chi connectivity index (χ3n) is 6.09. The Kier molecular flexibility index (Phi) is 5.85. The molecule has 1 atom stereocenters. The summed E-state index contributed by atoms with van der Waals surface area (Å²) >= 11 is 1.65. The van der Waals surface area contributed by atoms with Crippen molar-refractivity contribution in [1.82, 2.24) is 14.8 Å². The van der Waals surface area contributed by atoms with Crippen LogP contribution in [0.3, 0.4) is 0 Å². The molecule has 28 heavy (non-hydrogen) atoms. The van der Waals surface area contributed by atoms with Crippen molar-refractivity contribution >= 4 is 33.4 Å². The summed E-state index contributed by atoms with van der Waals surface area (Å²) in [4.78, 5) is 27.5. The second-order valence-electron chi connectivity index (χ2n) is 8.00. The van der Waals surface area contributed by atoms with E-state index < -0.39 is 0 Å². The van der Waals surface area contributed by atoms with Crippen LogP contribution in [0.5, 0.6) is 0 Å². The molecule has 6 heteroatoms. The van der Waals surface area contributed by atoms with Crippen LogP contribution in [0.25, 0.3) is 10.2 Å². The van der Waals surface area contributed by atoms with E-state index in [1.807, 2.05) is 34.0 Å². The van der Waals surface area contributed by atoms with Gasteiger partial charge in [0, 0.05) is 26.7 Å². The zero-order valence-electron chi connectivity index (χ0n) is 16.6. The molecule has 2 amide bonds. The Bertz CT molecular complexity index is 895. The molecule has 1 aliphatic heterocycles. The lowest BCUT2D eigenvalue weighted by atomic mass is 9.95. The van der Waals surface area contributed by atoms with Gasteiger partial charge in [-0.1, -0.05) is 11.6 Å². The predicted octanol–water partition coefficient (Wildman–Crippen LogP) is 4.10. The molecule has 1 fully saturated rings. The van der Waals surface area contributed by atoms with Crippen molar-refractivity contribution in [2.24, 2.45) is 13.0 Å². The number of aromatic nitrogens is 1. The highest BCUT2D eigenvalue weighted by molar-refractivity contribution is 7.17. The highest BCUT2D eigenvalue weighted by Gasteiger charge is 2.30. The Morgan fingerprint density at radius 1 is 1.29 bits per heavy atom. The average Bonchev–Trinajstić information content (AvgIpc) is 3.31. The number of aryl methyl sites for hydroxylation is 1. The Morgan fingerprint density at radius 3 is 2.96 bits per heavy atom. The van der Waals surface area contributed by atoms with Crippen LogP contribution in [-0.4, -0.2) is 40.9 Å². The zero-order chi connectivity index (χ0) is 19.5. The number of carbonyl (C=O) groups excluding carboxylic acids is 2. The molecular formula is C22H29N3O2S. The molecule has 2 aromatic heterocycles. The first-order valence-corrected chi connectivity index (χ1v) is 11.3. The van der Waals surface area contributed by atoms with E-state index in [9.17, 15) is 9.59 Å². The van der Waals surface area contributed by atoms with Gasteiger partial charge in [-0.3, -0.25) is 9.59 Å². The molecule has 150 valence electrons. The van der Waals surface area contributed by atoms with Crippen LogP contribution < -0.4 is 5.32 Å². The van der Waals surface area contributed by atoms with Gasteiger partial charge in [-0.25, -0.2) is 0 Å². The van der Waals surface area contributed by atoms with Crippen molar-refractivity contribution in [3.8, 4) is 0 Å². The zero-order valence-corrected chi connectivity index (χ0v) is 17.4. The maximum absolute atomic E-state index is 13.0. The second-order valence-corrected chi connectivity index (χ2v) is 8.95. The van der Waals surface area contributed by atoms with Gasteiger partial charge in [0.25, 0.3) is 5.91 Å². The molecule has 5 nitrogen and oxygen atoms in total. The molecule has 0 saturated carbocycles. The second kappa shape index (κ2) is 8.52. The van der Waals surface area contributed by atoms with Gasteiger partial charge in [0.05, 0.1) is 16.1 Å². The molecule has 2 aromatic rings. The molecule has 0 bridgehead atoms. The molecule has 1 saturated heterocycles. The summed E-state index contributed by atoms with van der Waals surface area (Å²) in [6, 6.07) is 4.02. The Morgan fingerprint density at radius 2 is 2.18 bits per heavy atom. The van der Waals surface area contributed by atoms with Crippen molar-refractivity contribution in [3.63, 3.8) is 0 Å². The van der Waals surface area contributed by atoms with Crippen molar-refractivity contribution < 1.29 is 9.59 Å². The molecule has 1 unspecified atom stereocenters. The number of likely N-dealkylation sites (tertiary alicyclic amines) is 1. The van der Waals surface area contributed by atoms with Crippen LogP contribution in [0.1, 0.15) is 55.4 Å². The van der Waals surface area contributed by atoms with Gasteiger partial charge < -0.3 is 14.8 Å². The minimum Gasteiger partial charge on any atom is -0.355 e. The quantitative estimate of drug-likeness (QED) is 0.770. The van der Waals surface area contributed by atoms with E-state index in [0.717, 1.165) is 36.0 Å². The molecule has 4 rings (SSSR count). The van der Waals surface area contributed by atoms with Crippen LogP contribution in [-0.2, 0) is 11.8 Å². The number of nitrogens with zero attached hydrogens (tertiary/aromatic N) is 2. The van der Waals surface area contributed by atoms with Crippen molar-refractivity contribution in [1.29, 1.82) is 0 Å². The first-order valence-electron chi connectivity index (χ1n) is 10.4. The van der Waals surface area contributed by atoms with Gasteiger partial charge in [-0.05, 0) is 62.5 Å². The third-order valence-corrected chi connectivity index (χ3v) is 6.95. The fraction of sp³-hybridized carbons (Fsp3) is 0.545. The summed E-state index contributed by atoms with van der Waals surface area (Å²) in [6.45, 7) is 1.96. The first-order chi connectivity index (χ1) is 13.6. The Hall–Kier alpha value is -2.08. The first kappa shape index (κ1) is 19.2. The minimum absolute atomic E-state index is 0.0377. The summed E-state index contributed by atoms with van der Waals surface area (Å²) in [5.41, 5.74) is 3.29. The highest BCUT2D eigenvalue weighted by Crippen LogP contribution is 2.26. The normalized spacial score (nSPS) is 20.2. The predicted molar refractivity (Wildman–Crippen MR) is 114 cm³/mol. The number of piperidine rings is 1. The van der Waals surface area contributed by atoms with E-state index in [4.69, 9.17) is 0 Å². The van der Waals surface area contributed by atoms with Crippen LogP contribution in [0.4, 0.5) is 0 Å². The average molecular weight is 400 g/mol. The number of fused-ring (bicyclic) bond motifs is 1. The molecule has 0 radical (unpaired) electrons. The third kappa shape index (κ3) is 4.02. The summed E-state index contributed by atoms with van der Waals surface area (Å²) in [5.74, 6) is 0.0388. The number of amides is 2. The van der Waals surface area contributed by atoms with Crippen molar-refractivity contribution in [2.45, 2.75) is 44.9 Å². The maximum Gasteiger partial charge on any atom is 0.270 e. The van der Waals surface area contributed by atoms with Crippen molar-refractivity contribution in [2.75, 3.05) is 19.6 Å². The summed E-state index contributed by atoms with van der Waals surface area (Å²) < 4.78 is 3.10. The topological polar surface area (TPSA) is 54.3 Å².